The minimum atomic E-state index is 0.597. The molecule has 1 aromatic heterocycles. The molecule has 0 saturated carbocycles. The first-order valence-electron chi connectivity index (χ1n) is 6.91. The van der Waals surface area contributed by atoms with Crippen LogP contribution in [0, 0.1) is 5.92 Å². The maximum absolute atomic E-state index is 4.57. The van der Waals surface area contributed by atoms with E-state index in [1.165, 1.54) is 17.8 Å². The topological polar surface area (TPSA) is 29.9 Å². The highest BCUT2D eigenvalue weighted by molar-refractivity contribution is 5.10. The van der Waals surface area contributed by atoms with E-state index in [0.29, 0.717) is 12.0 Å². The molecule has 3 nitrogen and oxygen atoms in total. The van der Waals surface area contributed by atoms with Crippen molar-refractivity contribution < 1.29 is 0 Å². The van der Waals surface area contributed by atoms with Gasteiger partial charge in [-0.15, -0.1) is 0 Å². The molecule has 1 N–H and O–H groups in total. The highest BCUT2D eigenvalue weighted by atomic mass is 15.3. The highest BCUT2D eigenvalue weighted by Crippen LogP contribution is 2.09. The zero-order valence-corrected chi connectivity index (χ0v) is 12.0. The summed E-state index contributed by atoms with van der Waals surface area (Å²) in [7, 11) is 0. The third-order valence-electron chi connectivity index (χ3n) is 3.37. The van der Waals surface area contributed by atoms with Crippen LogP contribution in [0.5, 0.6) is 0 Å². The van der Waals surface area contributed by atoms with Gasteiger partial charge in [-0.25, -0.2) is 0 Å². The van der Waals surface area contributed by atoms with Crippen molar-refractivity contribution in [3.63, 3.8) is 0 Å². The molecule has 0 aromatic carbocycles. The van der Waals surface area contributed by atoms with E-state index >= 15 is 0 Å². The minimum Gasteiger partial charge on any atom is -0.308 e. The molecular formula is C14H27N3. The predicted octanol–water partition coefficient (Wildman–Crippen LogP) is 2.99. The van der Waals surface area contributed by atoms with E-state index in [1.54, 1.807) is 0 Å². The molecule has 0 spiro atoms. The second-order valence-corrected chi connectivity index (χ2v) is 4.94. The number of aryl methyl sites for hydroxylation is 2. The van der Waals surface area contributed by atoms with Crippen LogP contribution in [-0.2, 0) is 19.5 Å². The van der Waals surface area contributed by atoms with E-state index in [2.05, 4.69) is 55.8 Å². The van der Waals surface area contributed by atoms with Gasteiger partial charge < -0.3 is 5.32 Å². The first-order valence-corrected chi connectivity index (χ1v) is 6.91. The third kappa shape index (κ3) is 3.84. The van der Waals surface area contributed by atoms with E-state index in [1.807, 2.05) is 0 Å². The zero-order chi connectivity index (χ0) is 12.8. The molecule has 3 heteroatoms. The van der Waals surface area contributed by atoms with Gasteiger partial charge in [0.25, 0.3) is 0 Å². The molecule has 1 aromatic rings. The Hall–Kier alpha value is -0.830. The molecule has 0 radical (unpaired) electrons. The monoisotopic (exact) mass is 237 g/mol. The van der Waals surface area contributed by atoms with Gasteiger partial charge in [-0.1, -0.05) is 27.7 Å². The Morgan fingerprint density at radius 1 is 1.29 bits per heavy atom. The van der Waals surface area contributed by atoms with Crippen molar-refractivity contribution in [2.24, 2.45) is 5.92 Å². The molecule has 1 rings (SSSR count). The molecule has 0 aliphatic heterocycles. The maximum Gasteiger partial charge on any atom is 0.0625 e. The van der Waals surface area contributed by atoms with Crippen molar-refractivity contribution in [1.82, 2.24) is 15.1 Å². The van der Waals surface area contributed by atoms with E-state index in [9.17, 15) is 0 Å². The van der Waals surface area contributed by atoms with Gasteiger partial charge in [0, 0.05) is 19.1 Å². The molecular weight excluding hydrogens is 210 g/mol. The normalized spacial score (nSPS) is 13.3. The van der Waals surface area contributed by atoms with Crippen LogP contribution >= 0.6 is 0 Å². The SMILES string of the molecule is CCc1cc(CNC(CC)C(C)C)n(CC)n1. The molecule has 0 fully saturated rings. The summed E-state index contributed by atoms with van der Waals surface area (Å²) < 4.78 is 2.11. The molecule has 0 aliphatic carbocycles. The lowest BCUT2D eigenvalue weighted by atomic mass is 10.0. The van der Waals surface area contributed by atoms with Crippen LogP contribution in [0.15, 0.2) is 6.07 Å². The molecule has 0 amide bonds. The molecule has 0 bridgehead atoms. The first kappa shape index (κ1) is 14.2. The number of aromatic nitrogens is 2. The van der Waals surface area contributed by atoms with Crippen molar-refractivity contribution in [3.05, 3.63) is 17.5 Å². The number of hydrogen-bond acceptors (Lipinski definition) is 2. The lowest BCUT2D eigenvalue weighted by Gasteiger charge is -2.20. The standard InChI is InChI=1S/C14H27N3/c1-6-12-9-13(17(8-3)16-12)10-15-14(7-2)11(4)5/h9,11,14-15H,6-8,10H2,1-5H3. The number of rotatable bonds is 7. The highest BCUT2D eigenvalue weighted by Gasteiger charge is 2.12. The summed E-state index contributed by atoms with van der Waals surface area (Å²) in [6.07, 6.45) is 2.19. The summed E-state index contributed by atoms with van der Waals surface area (Å²) in [5.41, 5.74) is 2.50. The molecule has 1 atom stereocenters. The van der Waals surface area contributed by atoms with Crippen LogP contribution < -0.4 is 5.32 Å². The van der Waals surface area contributed by atoms with Gasteiger partial charge in [0.15, 0.2) is 0 Å². The fourth-order valence-corrected chi connectivity index (χ4v) is 2.19. The van der Waals surface area contributed by atoms with Gasteiger partial charge in [0.05, 0.1) is 11.4 Å². The smallest absolute Gasteiger partial charge is 0.0625 e. The largest absolute Gasteiger partial charge is 0.308 e. The summed E-state index contributed by atoms with van der Waals surface area (Å²) in [6.45, 7) is 13.0. The molecule has 1 unspecified atom stereocenters. The third-order valence-corrected chi connectivity index (χ3v) is 3.37. The van der Waals surface area contributed by atoms with Crippen molar-refractivity contribution in [3.8, 4) is 0 Å². The van der Waals surface area contributed by atoms with Crippen molar-refractivity contribution in [1.29, 1.82) is 0 Å². The van der Waals surface area contributed by atoms with E-state index in [4.69, 9.17) is 0 Å². The Balaban J connectivity index is 2.64. The van der Waals surface area contributed by atoms with E-state index in [-0.39, 0.29) is 0 Å². The Morgan fingerprint density at radius 3 is 2.47 bits per heavy atom. The summed E-state index contributed by atoms with van der Waals surface area (Å²) in [5, 5.41) is 8.21. The van der Waals surface area contributed by atoms with Crippen LogP contribution in [0.4, 0.5) is 0 Å². The van der Waals surface area contributed by atoms with Gasteiger partial charge in [0.2, 0.25) is 0 Å². The molecule has 0 saturated heterocycles. The predicted molar refractivity (Wildman–Crippen MR) is 73.0 cm³/mol. The zero-order valence-electron chi connectivity index (χ0n) is 12.0. The van der Waals surface area contributed by atoms with E-state index in [0.717, 1.165) is 19.5 Å². The summed E-state index contributed by atoms with van der Waals surface area (Å²) in [4.78, 5) is 0. The fraction of sp³-hybridized carbons (Fsp3) is 0.786. The molecule has 0 aliphatic rings. The Bertz CT molecular complexity index is 328. The Labute approximate surface area is 106 Å². The Morgan fingerprint density at radius 2 is 2.00 bits per heavy atom. The van der Waals surface area contributed by atoms with Crippen molar-refractivity contribution >= 4 is 0 Å². The number of nitrogens with one attached hydrogen (secondary N) is 1. The van der Waals surface area contributed by atoms with Crippen LogP contribution in [0.1, 0.15) is 52.4 Å². The molecule has 98 valence electrons. The van der Waals surface area contributed by atoms with Crippen molar-refractivity contribution in [2.45, 2.75) is 66.6 Å². The number of hydrogen-bond donors (Lipinski definition) is 1. The average molecular weight is 237 g/mol. The second-order valence-electron chi connectivity index (χ2n) is 4.94. The van der Waals surface area contributed by atoms with Crippen LogP contribution in [-0.4, -0.2) is 15.8 Å². The Kier molecular flexibility index (Phi) is 5.69. The van der Waals surface area contributed by atoms with Crippen LogP contribution in [0.25, 0.3) is 0 Å². The summed E-state index contributed by atoms with van der Waals surface area (Å²) in [5.74, 6) is 0.684. The lowest BCUT2D eigenvalue weighted by Crippen LogP contribution is -2.33. The summed E-state index contributed by atoms with van der Waals surface area (Å²) >= 11 is 0. The van der Waals surface area contributed by atoms with Crippen LogP contribution in [0.3, 0.4) is 0 Å². The minimum absolute atomic E-state index is 0.597. The van der Waals surface area contributed by atoms with Crippen molar-refractivity contribution in [2.75, 3.05) is 0 Å². The fourth-order valence-electron chi connectivity index (χ4n) is 2.19. The second kappa shape index (κ2) is 6.80. The van der Waals surface area contributed by atoms with E-state index < -0.39 is 0 Å². The average Bonchev–Trinajstić information content (AvgIpc) is 2.72. The molecule has 1 heterocycles. The van der Waals surface area contributed by atoms with Gasteiger partial charge >= 0.3 is 0 Å². The molecule has 17 heavy (non-hydrogen) atoms. The van der Waals surface area contributed by atoms with Gasteiger partial charge in [-0.2, -0.15) is 5.10 Å². The summed E-state index contributed by atoms with van der Waals surface area (Å²) in [6, 6.07) is 2.82. The quantitative estimate of drug-likeness (QED) is 0.790. The van der Waals surface area contributed by atoms with Crippen LogP contribution in [0.2, 0.25) is 0 Å². The lowest BCUT2D eigenvalue weighted by molar-refractivity contribution is 0.381. The van der Waals surface area contributed by atoms with Gasteiger partial charge in [0.1, 0.15) is 0 Å². The number of nitrogens with zero attached hydrogens (tertiary/aromatic N) is 2. The first-order chi connectivity index (χ1) is 8.12. The van der Waals surface area contributed by atoms with Gasteiger partial charge in [-0.05, 0) is 31.7 Å². The maximum atomic E-state index is 4.57. The van der Waals surface area contributed by atoms with Gasteiger partial charge in [-0.3, -0.25) is 4.68 Å².